The van der Waals surface area contributed by atoms with E-state index < -0.39 is 0 Å². The minimum Gasteiger partial charge on any atom is -0.324 e. The number of hydrogen-bond acceptors (Lipinski definition) is 2. The predicted molar refractivity (Wildman–Crippen MR) is 88.4 cm³/mol. The lowest BCUT2D eigenvalue weighted by atomic mass is 9.86. The molecule has 1 unspecified atom stereocenters. The quantitative estimate of drug-likeness (QED) is 0.922. The molecule has 1 heterocycles. The average Bonchev–Trinajstić information content (AvgIpc) is 2.86. The molecule has 2 N–H and O–H groups in total. The molecule has 2 aromatic rings. The van der Waals surface area contributed by atoms with Crippen molar-refractivity contribution >= 4 is 0 Å². The Bertz CT molecular complexity index is 573. The van der Waals surface area contributed by atoms with E-state index >= 15 is 0 Å². The molecule has 2 rings (SSSR count). The fourth-order valence-electron chi connectivity index (χ4n) is 2.35. The van der Waals surface area contributed by atoms with E-state index in [0.29, 0.717) is 6.04 Å². The number of benzene rings is 1. The fraction of sp³-hybridized carbons (Fsp3) is 0.500. The Morgan fingerprint density at radius 1 is 1.10 bits per heavy atom. The third-order valence-corrected chi connectivity index (χ3v) is 3.83. The monoisotopic (exact) mass is 285 g/mol. The van der Waals surface area contributed by atoms with Gasteiger partial charge in [0, 0.05) is 24.7 Å². The van der Waals surface area contributed by atoms with Gasteiger partial charge in [0.25, 0.3) is 0 Å². The highest BCUT2D eigenvalue weighted by molar-refractivity contribution is 5.29. The first-order chi connectivity index (χ1) is 9.77. The Morgan fingerprint density at radius 2 is 1.71 bits per heavy atom. The summed E-state index contributed by atoms with van der Waals surface area (Å²) in [6.45, 7) is 10.9. The van der Waals surface area contributed by atoms with E-state index in [9.17, 15) is 0 Å². The van der Waals surface area contributed by atoms with E-state index in [-0.39, 0.29) is 11.5 Å². The van der Waals surface area contributed by atoms with Crippen LogP contribution in [0.3, 0.4) is 0 Å². The fourth-order valence-corrected chi connectivity index (χ4v) is 2.35. The lowest BCUT2D eigenvalue weighted by Crippen LogP contribution is -2.15. The standard InChI is InChI=1S/C18H27N3/c1-13(2)21-11-10-16(20-21)12-17(19)14-6-8-15(9-7-14)18(3,4)5/h6-11,13,17H,12,19H2,1-5H3. The van der Waals surface area contributed by atoms with Crippen LogP contribution < -0.4 is 5.73 Å². The lowest BCUT2D eigenvalue weighted by Gasteiger charge is -2.20. The Morgan fingerprint density at radius 3 is 2.19 bits per heavy atom. The summed E-state index contributed by atoms with van der Waals surface area (Å²) in [5.74, 6) is 0. The van der Waals surface area contributed by atoms with Gasteiger partial charge < -0.3 is 5.73 Å². The van der Waals surface area contributed by atoms with Crippen molar-refractivity contribution in [3.8, 4) is 0 Å². The zero-order chi connectivity index (χ0) is 15.6. The molecule has 1 atom stereocenters. The molecule has 1 aromatic heterocycles. The van der Waals surface area contributed by atoms with E-state index in [1.807, 2.05) is 10.9 Å². The van der Waals surface area contributed by atoms with Crippen LogP contribution >= 0.6 is 0 Å². The molecule has 3 heteroatoms. The Balaban J connectivity index is 2.07. The Kier molecular flexibility index (Phi) is 4.52. The predicted octanol–water partition coefficient (Wildman–Crippen LogP) is 4.00. The van der Waals surface area contributed by atoms with Crippen LogP contribution in [0.15, 0.2) is 36.5 Å². The molecular formula is C18H27N3. The van der Waals surface area contributed by atoms with Crippen LogP contribution in [-0.2, 0) is 11.8 Å². The van der Waals surface area contributed by atoms with Crippen LogP contribution in [0.25, 0.3) is 0 Å². The third-order valence-electron chi connectivity index (χ3n) is 3.83. The first-order valence-electron chi connectivity index (χ1n) is 7.67. The molecule has 0 aliphatic heterocycles. The topological polar surface area (TPSA) is 43.8 Å². The van der Waals surface area contributed by atoms with Crippen LogP contribution in [-0.4, -0.2) is 9.78 Å². The van der Waals surface area contributed by atoms with E-state index in [1.54, 1.807) is 0 Å². The highest BCUT2D eigenvalue weighted by atomic mass is 15.3. The molecule has 1 aromatic carbocycles. The molecule has 0 aliphatic rings. The zero-order valence-electron chi connectivity index (χ0n) is 13.8. The molecule has 0 saturated carbocycles. The Labute approximate surface area is 128 Å². The molecule has 0 saturated heterocycles. The van der Waals surface area contributed by atoms with Crippen molar-refractivity contribution in [3.05, 3.63) is 53.3 Å². The maximum Gasteiger partial charge on any atom is 0.0643 e. The molecule has 0 fully saturated rings. The Hall–Kier alpha value is -1.61. The molecule has 0 amide bonds. The van der Waals surface area contributed by atoms with Gasteiger partial charge in [-0.05, 0) is 36.5 Å². The van der Waals surface area contributed by atoms with Crippen molar-refractivity contribution in [2.45, 2.75) is 58.5 Å². The van der Waals surface area contributed by atoms with Gasteiger partial charge >= 0.3 is 0 Å². The van der Waals surface area contributed by atoms with Gasteiger partial charge in [-0.3, -0.25) is 4.68 Å². The van der Waals surface area contributed by atoms with Crippen LogP contribution in [0.2, 0.25) is 0 Å². The first-order valence-corrected chi connectivity index (χ1v) is 7.67. The van der Waals surface area contributed by atoms with Gasteiger partial charge in [0.1, 0.15) is 0 Å². The van der Waals surface area contributed by atoms with Crippen LogP contribution in [0.1, 0.15) is 63.5 Å². The van der Waals surface area contributed by atoms with Crippen LogP contribution in [0.4, 0.5) is 0 Å². The second-order valence-electron chi connectivity index (χ2n) is 7.06. The SMILES string of the molecule is CC(C)n1ccc(CC(N)c2ccc(C(C)(C)C)cc2)n1. The first kappa shape index (κ1) is 15.8. The molecule has 114 valence electrons. The third kappa shape index (κ3) is 3.94. The van der Waals surface area contributed by atoms with E-state index in [4.69, 9.17) is 5.73 Å². The molecule has 0 spiro atoms. The summed E-state index contributed by atoms with van der Waals surface area (Å²) in [6, 6.07) is 11.1. The summed E-state index contributed by atoms with van der Waals surface area (Å²) in [7, 11) is 0. The highest BCUT2D eigenvalue weighted by Crippen LogP contribution is 2.24. The average molecular weight is 285 g/mol. The summed E-state index contributed by atoms with van der Waals surface area (Å²) in [5.41, 5.74) is 10.1. The largest absolute Gasteiger partial charge is 0.324 e. The van der Waals surface area contributed by atoms with E-state index in [0.717, 1.165) is 12.1 Å². The van der Waals surface area contributed by atoms with Gasteiger partial charge in [-0.1, -0.05) is 45.0 Å². The van der Waals surface area contributed by atoms with Crippen molar-refractivity contribution in [1.82, 2.24) is 9.78 Å². The van der Waals surface area contributed by atoms with Gasteiger partial charge in [0.05, 0.1) is 5.69 Å². The summed E-state index contributed by atoms with van der Waals surface area (Å²) in [4.78, 5) is 0. The van der Waals surface area contributed by atoms with Gasteiger partial charge in [0.2, 0.25) is 0 Å². The molecular weight excluding hydrogens is 258 g/mol. The van der Waals surface area contributed by atoms with Crippen LogP contribution in [0, 0.1) is 0 Å². The number of nitrogens with two attached hydrogens (primary N) is 1. The second-order valence-corrected chi connectivity index (χ2v) is 7.06. The normalized spacial score (nSPS) is 13.7. The molecule has 21 heavy (non-hydrogen) atoms. The van der Waals surface area contributed by atoms with Gasteiger partial charge in [-0.25, -0.2) is 0 Å². The van der Waals surface area contributed by atoms with Gasteiger partial charge in [0.15, 0.2) is 0 Å². The van der Waals surface area contributed by atoms with Crippen molar-refractivity contribution in [1.29, 1.82) is 0 Å². The van der Waals surface area contributed by atoms with Crippen molar-refractivity contribution in [2.24, 2.45) is 5.73 Å². The highest BCUT2D eigenvalue weighted by Gasteiger charge is 2.15. The maximum absolute atomic E-state index is 6.32. The summed E-state index contributed by atoms with van der Waals surface area (Å²) >= 11 is 0. The summed E-state index contributed by atoms with van der Waals surface area (Å²) < 4.78 is 1.98. The summed E-state index contributed by atoms with van der Waals surface area (Å²) in [6.07, 6.45) is 2.80. The zero-order valence-corrected chi connectivity index (χ0v) is 13.8. The molecule has 0 bridgehead atoms. The number of nitrogens with zero attached hydrogens (tertiary/aromatic N) is 2. The molecule has 3 nitrogen and oxygen atoms in total. The molecule has 0 aliphatic carbocycles. The second kappa shape index (κ2) is 6.02. The number of aromatic nitrogens is 2. The number of hydrogen-bond donors (Lipinski definition) is 1. The minimum atomic E-state index is -0.00506. The van der Waals surface area contributed by atoms with Crippen molar-refractivity contribution < 1.29 is 0 Å². The summed E-state index contributed by atoms with van der Waals surface area (Å²) in [5, 5.41) is 4.57. The van der Waals surface area contributed by atoms with Crippen molar-refractivity contribution in [3.63, 3.8) is 0 Å². The maximum atomic E-state index is 6.32. The smallest absolute Gasteiger partial charge is 0.0643 e. The van der Waals surface area contributed by atoms with E-state index in [2.05, 4.69) is 70.0 Å². The van der Waals surface area contributed by atoms with Crippen molar-refractivity contribution in [2.75, 3.05) is 0 Å². The van der Waals surface area contributed by atoms with Crippen LogP contribution in [0.5, 0.6) is 0 Å². The lowest BCUT2D eigenvalue weighted by molar-refractivity contribution is 0.522. The number of rotatable bonds is 4. The minimum absolute atomic E-state index is 0.00506. The molecule has 0 radical (unpaired) electrons. The van der Waals surface area contributed by atoms with Gasteiger partial charge in [-0.15, -0.1) is 0 Å². The van der Waals surface area contributed by atoms with E-state index in [1.165, 1.54) is 11.1 Å². The van der Waals surface area contributed by atoms with Gasteiger partial charge in [-0.2, -0.15) is 5.10 Å².